The zero-order valence-corrected chi connectivity index (χ0v) is 16.2. The number of rotatable bonds is 6. The molecule has 0 spiro atoms. The molecule has 0 bridgehead atoms. The molecular formula is C18H19N3O7S. The van der Waals surface area contributed by atoms with E-state index in [0.29, 0.717) is 11.3 Å². The number of fused-ring (bicyclic) bond motifs is 1. The van der Waals surface area contributed by atoms with Crippen molar-refractivity contribution in [3.63, 3.8) is 0 Å². The minimum atomic E-state index is -2.24. The molecule has 2 amide bonds. The molecule has 29 heavy (non-hydrogen) atoms. The van der Waals surface area contributed by atoms with Crippen molar-refractivity contribution in [2.24, 2.45) is 0 Å². The van der Waals surface area contributed by atoms with Crippen LogP contribution in [0.15, 0.2) is 35.5 Å². The van der Waals surface area contributed by atoms with Crippen LogP contribution in [0, 0.1) is 0 Å². The molecule has 1 saturated heterocycles. The minimum absolute atomic E-state index is 0.104. The third-order valence-corrected chi connectivity index (χ3v) is 5.90. The van der Waals surface area contributed by atoms with Gasteiger partial charge in [0.15, 0.2) is 0 Å². The van der Waals surface area contributed by atoms with E-state index in [0.717, 1.165) is 16.7 Å². The van der Waals surface area contributed by atoms with Gasteiger partial charge in [-0.3, -0.25) is 19.3 Å². The Hall–Kier alpha value is -3.05. The van der Waals surface area contributed by atoms with Gasteiger partial charge in [-0.05, 0) is 11.6 Å². The molecule has 154 valence electrons. The van der Waals surface area contributed by atoms with E-state index in [1.165, 1.54) is 6.92 Å². The number of carbonyl (C=O) groups excluding carboxylic acids is 3. The van der Waals surface area contributed by atoms with Crippen LogP contribution in [-0.2, 0) is 30.3 Å². The number of thioether (sulfide) groups is 1. The standard InChI is InChI=1S/C18H19N3O7S/c1-9(22)28-7-11-8-29-17-18(27,16(26)21(17)14(11)15(24)25)20-13(23)6-10-4-2-3-5-12(10)19/h2-5,17,27H,6-8,19H2,1H3,(H,20,23)(H,24,25)/t17-,18-/m1/s1. The number of carbonyl (C=O) groups is 4. The second kappa shape index (κ2) is 7.76. The molecule has 3 rings (SSSR count). The number of hydrogen-bond acceptors (Lipinski definition) is 8. The Labute approximate surface area is 169 Å². The molecule has 2 aliphatic rings. The summed E-state index contributed by atoms with van der Waals surface area (Å²) >= 11 is 1.06. The molecule has 2 aliphatic heterocycles. The molecule has 2 atom stereocenters. The van der Waals surface area contributed by atoms with Crippen LogP contribution in [0.4, 0.5) is 5.69 Å². The number of anilines is 1. The Kier molecular flexibility index (Phi) is 5.53. The van der Waals surface area contributed by atoms with Crippen LogP contribution in [0.25, 0.3) is 0 Å². The maximum absolute atomic E-state index is 12.6. The predicted molar refractivity (Wildman–Crippen MR) is 102 cm³/mol. The molecule has 0 aliphatic carbocycles. The van der Waals surface area contributed by atoms with Gasteiger partial charge in [-0.15, -0.1) is 11.8 Å². The van der Waals surface area contributed by atoms with Crippen molar-refractivity contribution >= 4 is 41.2 Å². The molecule has 0 aromatic heterocycles. The van der Waals surface area contributed by atoms with E-state index in [-0.39, 0.29) is 30.1 Å². The largest absolute Gasteiger partial charge is 0.477 e. The van der Waals surface area contributed by atoms with E-state index < -0.39 is 34.9 Å². The van der Waals surface area contributed by atoms with Crippen molar-refractivity contribution in [3.05, 3.63) is 41.1 Å². The maximum atomic E-state index is 12.6. The first-order valence-corrected chi connectivity index (χ1v) is 9.60. The Balaban J connectivity index is 1.76. The number of nitrogens with two attached hydrogens (primary N) is 1. The van der Waals surface area contributed by atoms with Gasteiger partial charge in [0.1, 0.15) is 17.7 Å². The zero-order chi connectivity index (χ0) is 21.3. The van der Waals surface area contributed by atoms with Crippen LogP contribution in [0.1, 0.15) is 12.5 Å². The molecule has 1 aromatic carbocycles. The van der Waals surface area contributed by atoms with Gasteiger partial charge in [0.2, 0.25) is 5.91 Å². The van der Waals surface area contributed by atoms with Gasteiger partial charge in [-0.1, -0.05) is 18.2 Å². The van der Waals surface area contributed by atoms with Gasteiger partial charge < -0.3 is 26.0 Å². The minimum Gasteiger partial charge on any atom is -0.477 e. The number of hydrogen-bond donors (Lipinski definition) is 4. The number of amides is 2. The summed E-state index contributed by atoms with van der Waals surface area (Å²) in [7, 11) is 0. The van der Waals surface area contributed by atoms with E-state index in [9.17, 15) is 29.4 Å². The number of nitrogen functional groups attached to an aromatic ring is 1. The van der Waals surface area contributed by atoms with Crippen molar-refractivity contribution < 1.29 is 34.1 Å². The third-order valence-electron chi connectivity index (χ3n) is 4.52. The Morgan fingerprint density at radius 3 is 2.69 bits per heavy atom. The number of aliphatic hydroxyl groups is 1. The van der Waals surface area contributed by atoms with Gasteiger partial charge in [-0.25, -0.2) is 4.79 Å². The molecule has 11 heteroatoms. The lowest BCUT2D eigenvalue weighted by Crippen LogP contribution is -2.80. The SMILES string of the molecule is CC(=O)OCC1=C(C(=O)O)N2C(=O)[C@](O)(NC(=O)Cc3ccccc3N)[C@H]2SC1. The highest BCUT2D eigenvalue weighted by Crippen LogP contribution is 2.45. The number of carboxylic acids is 1. The number of benzene rings is 1. The topological polar surface area (TPSA) is 159 Å². The number of nitrogens with zero attached hydrogens (tertiary/aromatic N) is 1. The number of β-lactam (4-membered cyclic amide) rings is 1. The Morgan fingerprint density at radius 2 is 2.07 bits per heavy atom. The highest BCUT2D eigenvalue weighted by molar-refractivity contribution is 8.00. The number of esters is 1. The van der Waals surface area contributed by atoms with Gasteiger partial charge in [0.25, 0.3) is 11.6 Å². The van der Waals surface area contributed by atoms with Crippen molar-refractivity contribution in [2.45, 2.75) is 24.4 Å². The fourth-order valence-corrected chi connectivity index (χ4v) is 4.47. The smallest absolute Gasteiger partial charge is 0.352 e. The van der Waals surface area contributed by atoms with E-state index >= 15 is 0 Å². The lowest BCUT2D eigenvalue weighted by Gasteiger charge is -2.54. The van der Waals surface area contributed by atoms with Gasteiger partial charge in [0, 0.05) is 23.9 Å². The van der Waals surface area contributed by atoms with E-state index in [4.69, 9.17) is 10.5 Å². The average Bonchev–Trinajstić information content (AvgIpc) is 2.66. The lowest BCUT2D eigenvalue weighted by molar-refractivity contribution is -0.186. The van der Waals surface area contributed by atoms with Crippen LogP contribution in [0.2, 0.25) is 0 Å². The first-order valence-electron chi connectivity index (χ1n) is 8.56. The normalized spacial score (nSPS) is 23.2. The first-order chi connectivity index (χ1) is 13.6. The van der Waals surface area contributed by atoms with E-state index in [2.05, 4.69) is 5.32 Å². The first kappa shape index (κ1) is 20.7. The van der Waals surface area contributed by atoms with Gasteiger partial charge in [-0.2, -0.15) is 0 Å². The fourth-order valence-electron chi connectivity index (χ4n) is 3.14. The molecule has 1 aromatic rings. The number of carboxylic acid groups (broad SMARTS) is 1. The van der Waals surface area contributed by atoms with Crippen LogP contribution in [0.3, 0.4) is 0 Å². The maximum Gasteiger partial charge on any atom is 0.352 e. The number of para-hydroxylation sites is 1. The zero-order valence-electron chi connectivity index (χ0n) is 15.4. The van der Waals surface area contributed by atoms with Gasteiger partial charge in [0.05, 0.1) is 6.42 Å². The second-order valence-electron chi connectivity index (χ2n) is 6.57. The summed E-state index contributed by atoms with van der Waals surface area (Å²) in [5.74, 6) is -3.48. The van der Waals surface area contributed by atoms with Crippen molar-refractivity contribution in [1.82, 2.24) is 10.2 Å². The summed E-state index contributed by atoms with van der Waals surface area (Å²) in [6.45, 7) is 0.904. The molecule has 0 radical (unpaired) electrons. The number of nitrogens with one attached hydrogen (secondary N) is 1. The van der Waals surface area contributed by atoms with E-state index in [1.807, 2.05) is 0 Å². The van der Waals surface area contributed by atoms with Crippen LogP contribution >= 0.6 is 11.8 Å². The molecule has 5 N–H and O–H groups in total. The molecular weight excluding hydrogens is 402 g/mol. The summed E-state index contributed by atoms with van der Waals surface area (Å²) in [6, 6.07) is 6.69. The fraction of sp³-hybridized carbons (Fsp3) is 0.333. The van der Waals surface area contributed by atoms with Crippen molar-refractivity contribution in [3.8, 4) is 0 Å². The monoisotopic (exact) mass is 421 g/mol. The quantitative estimate of drug-likeness (QED) is 0.204. The third kappa shape index (κ3) is 3.78. The number of ether oxygens (including phenoxy) is 1. The Bertz CT molecular complexity index is 932. The molecule has 10 nitrogen and oxygen atoms in total. The van der Waals surface area contributed by atoms with Crippen molar-refractivity contribution in [2.75, 3.05) is 18.1 Å². The van der Waals surface area contributed by atoms with Crippen molar-refractivity contribution in [1.29, 1.82) is 0 Å². The summed E-state index contributed by atoms with van der Waals surface area (Å²) < 4.78 is 4.84. The van der Waals surface area contributed by atoms with Gasteiger partial charge >= 0.3 is 11.9 Å². The Morgan fingerprint density at radius 1 is 1.38 bits per heavy atom. The highest BCUT2D eigenvalue weighted by Gasteiger charge is 2.65. The summed E-state index contributed by atoms with van der Waals surface area (Å²) in [5, 5.41) is 21.5. The van der Waals surface area contributed by atoms with Crippen LogP contribution in [0.5, 0.6) is 0 Å². The average molecular weight is 421 g/mol. The lowest BCUT2D eigenvalue weighted by atomic mass is 9.98. The van der Waals surface area contributed by atoms with Crippen LogP contribution < -0.4 is 11.1 Å². The summed E-state index contributed by atoms with van der Waals surface area (Å²) in [4.78, 5) is 48.5. The molecule has 0 unspecified atom stereocenters. The summed E-state index contributed by atoms with van der Waals surface area (Å²) in [6.07, 6.45) is -0.154. The predicted octanol–water partition coefficient (Wildman–Crippen LogP) is -0.567. The highest BCUT2D eigenvalue weighted by atomic mass is 32.2. The molecule has 0 saturated carbocycles. The van der Waals surface area contributed by atoms with Crippen LogP contribution in [-0.4, -0.2) is 62.3 Å². The van der Waals surface area contributed by atoms with E-state index in [1.54, 1.807) is 24.3 Å². The summed E-state index contributed by atoms with van der Waals surface area (Å²) in [5.41, 5.74) is 4.37. The molecule has 2 heterocycles. The number of aliphatic carboxylic acids is 1. The second-order valence-corrected chi connectivity index (χ2v) is 7.63. The molecule has 1 fully saturated rings.